The number of hydrogen-bond donors (Lipinski definition) is 4. The highest BCUT2D eigenvalue weighted by Crippen LogP contribution is 2.29. The molecule has 1 aromatic heterocycles. The fraction of sp³-hybridized carbons (Fsp3) is 0.194. The Morgan fingerprint density at radius 3 is 2.24 bits per heavy atom. The van der Waals surface area contributed by atoms with Gasteiger partial charge < -0.3 is 19.9 Å². The van der Waals surface area contributed by atoms with Crippen molar-refractivity contribution in [2.45, 2.75) is 25.2 Å². The van der Waals surface area contributed by atoms with Gasteiger partial charge in [-0.15, -0.1) is 6.58 Å². The molecule has 0 fully saturated rings. The topological polar surface area (TPSA) is 135 Å². The predicted octanol–water partition coefficient (Wildman–Crippen LogP) is 3.53. The maximum absolute atomic E-state index is 13.3. The molecule has 4 aromatic rings. The normalized spacial score (nSPS) is 13.0. The summed E-state index contributed by atoms with van der Waals surface area (Å²) >= 11 is 0. The van der Waals surface area contributed by atoms with E-state index >= 15 is 0 Å². The van der Waals surface area contributed by atoms with Gasteiger partial charge in [0.05, 0.1) is 24.4 Å². The average molecular weight is 557 g/mol. The Morgan fingerprint density at radius 1 is 0.976 bits per heavy atom. The minimum absolute atomic E-state index is 0.130. The van der Waals surface area contributed by atoms with Crippen LogP contribution in [-0.4, -0.2) is 45.1 Å². The number of aromatic nitrogens is 2. The fourth-order valence-electron chi connectivity index (χ4n) is 4.23. The number of rotatable bonds is 13. The number of benzene rings is 3. The summed E-state index contributed by atoms with van der Waals surface area (Å²) in [6.45, 7) is 3.94. The van der Waals surface area contributed by atoms with Gasteiger partial charge in [0.25, 0.3) is 5.91 Å². The van der Waals surface area contributed by atoms with E-state index in [9.17, 15) is 19.9 Å². The van der Waals surface area contributed by atoms with Gasteiger partial charge in [-0.3, -0.25) is 14.8 Å². The van der Waals surface area contributed by atoms with Crippen LogP contribution in [0, 0.1) is 5.92 Å². The van der Waals surface area contributed by atoms with Crippen LogP contribution < -0.4 is 20.3 Å². The van der Waals surface area contributed by atoms with Gasteiger partial charge in [-0.2, -0.15) is 5.10 Å². The van der Waals surface area contributed by atoms with Gasteiger partial charge in [-0.25, -0.2) is 10.2 Å². The number of ether oxygens (including phenoxy) is 2. The molecular formula is C31H32N4O6. The van der Waals surface area contributed by atoms with E-state index in [1.165, 1.54) is 10.8 Å². The van der Waals surface area contributed by atoms with Crippen molar-refractivity contribution in [3.63, 3.8) is 0 Å². The van der Waals surface area contributed by atoms with Crippen LogP contribution in [0.5, 0.6) is 11.6 Å². The number of aliphatic hydroxyl groups excluding tert-OH is 1. The van der Waals surface area contributed by atoms with Gasteiger partial charge in [0, 0.05) is 12.5 Å². The van der Waals surface area contributed by atoms with Crippen molar-refractivity contribution < 1.29 is 29.4 Å². The summed E-state index contributed by atoms with van der Waals surface area (Å²) in [5, 5.41) is 27.6. The zero-order valence-electron chi connectivity index (χ0n) is 22.5. The summed E-state index contributed by atoms with van der Waals surface area (Å²) < 4.78 is 12.8. The van der Waals surface area contributed by atoms with E-state index in [0.717, 1.165) is 16.9 Å². The van der Waals surface area contributed by atoms with Crippen LogP contribution in [0.3, 0.4) is 0 Å². The highest BCUT2D eigenvalue weighted by atomic mass is 16.5. The molecule has 3 aromatic carbocycles. The zero-order chi connectivity index (χ0) is 29.2. The first-order chi connectivity index (χ1) is 19.9. The number of hydrogen-bond acceptors (Lipinski definition) is 7. The second kappa shape index (κ2) is 13.9. The highest BCUT2D eigenvalue weighted by Gasteiger charge is 2.31. The van der Waals surface area contributed by atoms with E-state index in [2.05, 4.69) is 17.0 Å². The Labute approximate surface area is 237 Å². The molecule has 4 N–H and O–H groups in total. The molecular weight excluding hydrogens is 524 g/mol. The lowest BCUT2D eigenvalue weighted by molar-refractivity contribution is -0.136. The average Bonchev–Trinajstić information content (AvgIpc) is 3.45. The minimum atomic E-state index is -1.41. The molecule has 0 saturated carbocycles. The zero-order valence-corrected chi connectivity index (χ0v) is 22.5. The lowest BCUT2D eigenvalue weighted by Crippen LogP contribution is -2.49. The predicted molar refractivity (Wildman–Crippen MR) is 152 cm³/mol. The molecule has 0 unspecified atom stereocenters. The number of carbonyl (C=O) groups is 2. The quantitative estimate of drug-likeness (QED) is 0.112. The number of nitrogens with one attached hydrogen (secondary N) is 2. The van der Waals surface area contributed by atoms with E-state index < -0.39 is 29.9 Å². The highest BCUT2D eigenvalue weighted by molar-refractivity contribution is 5.89. The van der Waals surface area contributed by atoms with Crippen LogP contribution in [0.25, 0.3) is 5.69 Å². The molecule has 4 rings (SSSR count). The number of hydroxylamine groups is 1. The van der Waals surface area contributed by atoms with Crippen molar-refractivity contribution in [2.24, 2.45) is 5.92 Å². The molecule has 0 aliphatic heterocycles. The standard InChI is InChI=1S/C31H32N4O6/c1-3-25(30(37)32-27(31(38)34-39)18-21-10-6-4-7-11-21)29(36)26-19-28(35(33-26)23-12-8-5-9-13-23)41-20-22-14-16-24(40-2)17-15-22/h3-17,19,25,27,29,36,39H,1,18,20H2,2H3,(H,32,37)(H,34,38)/t25-,27-,29-/m0/s1. The molecule has 1 heterocycles. The Hall–Kier alpha value is -4.93. The van der Waals surface area contributed by atoms with E-state index in [1.807, 2.05) is 60.7 Å². The third kappa shape index (κ3) is 7.38. The molecule has 0 aliphatic carbocycles. The maximum Gasteiger partial charge on any atom is 0.266 e. The molecule has 2 amide bonds. The first-order valence-electron chi connectivity index (χ1n) is 12.9. The third-order valence-corrected chi connectivity index (χ3v) is 6.47. The Balaban J connectivity index is 1.55. The largest absolute Gasteiger partial charge is 0.497 e. The van der Waals surface area contributed by atoms with Crippen LogP contribution in [0.4, 0.5) is 0 Å². The van der Waals surface area contributed by atoms with Gasteiger partial charge in [-0.1, -0.05) is 66.7 Å². The summed E-state index contributed by atoms with van der Waals surface area (Å²) in [5.74, 6) is -1.53. The van der Waals surface area contributed by atoms with Gasteiger partial charge in [0.15, 0.2) is 0 Å². The van der Waals surface area contributed by atoms with E-state index in [0.29, 0.717) is 11.6 Å². The molecule has 0 saturated heterocycles. The summed E-state index contributed by atoms with van der Waals surface area (Å²) in [4.78, 5) is 25.6. The van der Waals surface area contributed by atoms with Crippen molar-refractivity contribution in [3.05, 3.63) is 120 Å². The molecule has 0 radical (unpaired) electrons. The van der Waals surface area contributed by atoms with Crippen LogP contribution in [0.2, 0.25) is 0 Å². The number of methoxy groups -OCH3 is 1. The molecule has 3 atom stereocenters. The van der Waals surface area contributed by atoms with Crippen molar-refractivity contribution >= 4 is 11.8 Å². The summed E-state index contributed by atoms with van der Waals surface area (Å²) in [6, 6.07) is 26.2. The molecule has 0 aliphatic rings. The van der Waals surface area contributed by atoms with Crippen molar-refractivity contribution in [3.8, 4) is 17.3 Å². The van der Waals surface area contributed by atoms with Gasteiger partial charge in [-0.05, 0) is 35.4 Å². The molecule has 10 heteroatoms. The molecule has 212 valence electrons. The smallest absolute Gasteiger partial charge is 0.266 e. The molecule has 0 spiro atoms. The van der Waals surface area contributed by atoms with E-state index in [-0.39, 0.29) is 18.7 Å². The Bertz CT molecular complexity index is 1440. The Kier molecular flexibility index (Phi) is 9.87. The van der Waals surface area contributed by atoms with E-state index in [4.69, 9.17) is 9.47 Å². The van der Waals surface area contributed by atoms with Crippen molar-refractivity contribution in [2.75, 3.05) is 7.11 Å². The second-order valence-corrected chi connectivity index (χ2v) is 9.22. The molecule has 10 nitrogen and oxygen atoms in total. The summed E-state index contributed by atoms with van der Waals surface area (Å²) in [6.07, 6.45) is 0.0104. The fourth-order valence-corrected chi connectivity index (χ4v) is 4.23. The summed E-state index contributed by atoms with van der Waals surface area (Å²) in [7, 11) is 1.60. The van der Waals surface area contributed by atoms with Gasteiger partial charge >= 0.3 is 0 Å². The number of carbonyl (C=O) groups excluding carboxylic acids is 2. The van der Waals surface area contributed by atoms with Crippen molar-refractivity contribution in [1.82, 2.24) is 20.6 Å². The van der Waals surface area contributed by atoms with Gasteiger partial charge in [0.2, 0.25) is 11.8 Å². The number of aliphatic hydroxyl groups is 1. The van der Waals surface area contributed by atoms with Crippen LogP contribution in [0.1, 0.15) is 22.9 Å². The first kappa shape index (κ1) is 29.1. The number of para-hydroxylation sites is 1. The first-order valence-corrected chi connectivity index (χ1v) is 12.9. The molecule has 41 heavy (non-hydrogen) atoms. The third-order valence-electron chi connectivity index (χ3n) is 6.47. The SMILES string of the molecule is C=C[C@H](C(=O)N[C@@H](Cc1ccccc1)C(=O)NO)[C@H](O)c1cc(OCc2ccc(OC)cc2)n(-c2ccccc2)n1. The van der Waals surface area contributed by atoms with Crippen molar-refractivity contribution in [1.29, 1.82) is 0 Å². The monoisotopic (exact) mass is 556 g/mol. The minimum Gasteiger partial charge on any atom is -0.497 e. The summed E-state index contributed by atoms with van der Waals surface area (Å²) in [5.41, 5.74) is 4.12. The number of amides is 2. The van der Waals surface area contributed by atoms with Crippen LogP contribution in [-0.2, 0) is 22.6 Å². The number of nitrogens with zero attached hydrogens (tertiary/aromatic N) is 2. The Morgan fingerprint density at radius 2 is 1.63 bits per heavy atom. The maximum atomic E-state index is 13.3. The van der Waals surface area contributed by atoms with Crippen LogP contribution in [0.15, 0.2) is 104 Å². The second-order valence-electron chi connectivity index (χ2n) is 9.22. The van der Waals surface area contributed by atoms with Crippen LogP contribution >= 0.6 is 0 Å². The molecule has 0 bridgehead atoms. The lowest BCUT2D eigenvalue weighted by Gasteiger charge is -2.22. The lowest BCUT2D eigenvalue weighted by atomic mass is 9.97. The van der Waals surface area contributed by atoms with Gasteiger partial charge in [0.1, 0.15) is 24.5 Å². The van der Waals surface area contributed by atoms with E-state index in [1.54, 1.807) is 42.9 Å².